The summed E-state index contributed by atoms with van der Waals surface area (Å²) in [6, 6.07) is 12.2. The topological polar surface area (TPSA) is 21.6 Å². The first-order chi connectivity index (χ1) is 10.5. The normalized spacial score (nSPS) is 11.6. The first-order valence-corrected chi connectivity index (χ1v) is 6.46. The molecule has 0 aliphatic rings. The van der Waals surface area contributed by atoms with Crippen molar-refractivity contribution in [3.8, 4) is 0 Å². The van der Waals surface area contributed by atoms with Gasteiger partial charge < -0.3 is 4.84 Å². The lowest BCUT2D eigenvalue weighted by atomic mass is 10.1. The van der Waals surface area contributed by atoms with Gasteiger partial charge >= 0.3 is 6.18 Å². The highest BCUT2D eigenvalue weighted by Gasteiger charge is 2.30. The van der Waals surface area contributed by atoms with Gasteiger partial charge in [-0.15, -0.1) is 0 Å². The van der Waals surface area contributed by atoms with Gasteiger partial charge in [0.25, 0.3) is 0 Å². The van der Waals surface area contributed by atoms with Gasteiger partial charge in [0.05, 0.1) is 5.56 Å². The Hall–Kier alpha value is -2.56. The summed E-state index contributed by atoms with van der Waals surface area (Å²) in [7, 11) is 0. The predicted molar refractivity (Wildman–Crippen MR) is 79.3 cm³/mol. The van der Waals surface area contributed by atoms with Crippen molar-refractivity contribution in [2.75, 3.05) is 0 Å². The lowest BCUT2D eigenvalue weighted by molar-refractivity contribution is -0.137. The molecule has 5 heteroatoms. The number of benzene rings is 2. The highest BCUT2D eigenvalue weighted by molar-refractivity contribution is 5.79. The van der Waals surface area contributed by atoms with Gasteiger partial charge in [-0.1, -0.05) is 54.2 Å². The Balaban J connectivity index is 1.93. The van der Waals surface area contributed by atoms with Gasteiger partial charge in [-0.25, -0.2) is 0 Å². The molecule has 0 aromatic heterocycles. The molecular formula is C17H13F3NO. The van der Waals surface area contributed by atoms with Crippen molar-refractivity contribution in [2.24, 2.45) is 5.16 Å². The molecule has 0 spiro atoms. The quantitative estimate of drug-likeness (QED) is 0.575. The summed E-state index contributed by atoms with van der Waals surface area (Å²) < 4.78 is 37.6. The van der Waals surface area contributed by atoms with Crippen LogP contribution in [-0.2, 0) is 17.6 Å². The second kappa shape index (κ2) is 6.93. The van der Waals surface area contributed by atoms with Gasteiger partial charge in [-0.05, 0) is 23.3 Å². The second-order valence-electron chi connectivity index (χ2n) is 4.50. The Morgan fingerprint density at radius 3 is 2.50 bits per heavy atom. The van der Waals surface area contributed by atoms with Crippen molar-refractivity contribution in [1.29, 1.82) is 0 Å². The molecular weight excluding hydrogens is 291 g/mol. The number of hydrogen-bond donors (Lipinski definition) is 0. The number of nitrogens with zero attached hydrogens (tertiary/aromatic N) is 1. The molecule has 0 heterocycles. The molecule has 0 aliphatic heterocycles. The van der Waals surface area contributed by atoms with Crippen molar-refractivity contribution in [1.82, 2.24) is 0 Å². The SMILES string of the molecule is C=Cc1ccc(CO/N=[C]\c2cccc(C(F)(F)F)c2)cc1. The molecule has 0 fully saturated rings. The summed E-state index contributed by atoms with van der Waals surface area (Å²) in [4.78, 5) is 5.03. The molecule has 0 unspecified atom stereocenters. The molecule has 0 aliphatic carbocycles. The van der Waals surface area contributed by atoms with Crippen LogP contribution in [0.25, 0.3) is 6.08 Å². The molecule has 2 rings (SSSR count). The van der Waals surface area contributed by atoms with Crippen molar-refractivity contribution in [3.63, 3.8) is 0 Å². The molecule has 0 amide bonds. The van der Waals surface area contributed by atoms with Crippen molar-refractivity contribution >= 4 is 12.3 Å². The van der Waals surface area contributed by atoms with Gasteiger partial charge in [0, 0.05) is 5.56 Å². The Kier molecular flexibility index (Phi) is 4.99. The van der Waals surface area contributed by atoms with E-state index in [0.717, 1.165) is 23.3 Å². The van der Waals surface area contributed by atoms with Crippen LogP contribution >= 0.6 is 0 Å². The minimum Gasteiger partial charge on any atom is -0.390 e. The Bertz CT molecular complexity index is 660. The molecule has 2 aromatic rings. The molecule has 0 saturated carbocycles. The monoisotopic (exact) mass is 304 g/mol. The maximum absolute atomic E-state index is 12.5. The fourth-order valence-electron chi connectivity index (χ4n) is 1.71. The third-order valence-corrected chi connectivity index (χ3v) is 2.88. The minimum atomic E-state index is -4.38. The zero-order valence-electron chi connectivity index (χ0n) is 11.6. The average molecular weight is 304 g/mol. The van der Waals surface area contributed by atoms with Gasteiger partial charge in [-0.2, -0.15) is 13.2 Å². The zero-order chi connectivity index (χ0) is 16.0. The first kappa shape index (κ1) is 15.8. The van der Waals surface area contributed by atoms with E-state index >= 15 is 0 Å². The summed E-state index contributed by atoms with van der Waals surface area (Å²) in [5, 5.41) is 3.57. The van der Waals surface area contributed by atoms with Gasteiger partial charge in [-0.3, -0.25) is 0 Å². The van der Waals surface area contributed by atoms with Crippen molar-refractivity contribution in [2.45, 2.75) is 12.8 Å². The van der Waals surface area contributed by atoms with E-state index in [0.29, 0.717) is 0 Å². The molecule has 0 saturated heterocycles. The molecule has 0 bridgehead atoms. The van der Waals surface area contributed by atoms with E-state index in [1.165, 1.54) is 12.1 Å². The fraction of sp³-hybridized carbons (Fsp3) is 0.118. The fourth-order valence-corrected chi connectivity index (χ4v) is 1.71. The second-order valence-corrected chi connectivity index (χ2v) is 4.50. The van der Waals surface area contributed by atoms with E-state index in [4.69, 9.17) is 4.84 Å². The number of hydrogen-bond acceptors (Lipinski definition) is 2. The van der Waals surface area contributed by atoms with Crippen LogP contribution in [0.2, 0.25) is 0 Å². The summed E-state index contributed by atoms with van der Waals surface area (Å²) in [6.45, 7) is 3.87. The smallest absolute Gasteiger partial charge is 0.390 e. The summed E-state index contributed by atoms with van der Waals surface area (Å²) in [5.41, 5.74) is 1.34. The van der Waals surface area contributed by atoms with Crippen molar-refractivity contribution in [3.05, 3.63) is 77.4 Å². The number of halogens is 3. The lowest BCUT2D eigenvalue weighted by Gasteiger charge is -2.06. The average Bonchev–Trinajstić information content (AvgIpc) is 2.52. The lowest BCUT2D eigenvalue weighted by Crippen LogP contribution is -2.05. The van der Waals surface area contributed by atoms with Crippen LogP contribution < -0.4 is 0 Å². The van der Waals surface area contributed by atoms with Crippen LogP contribution in [0.3, 0.4) is 0 Å². The van der Waals surface area contributed by atoms with E-state index in [1.54, 1.807) is 6.08 Å². The molecule has 0 atom stereocenters. The number of alkyl halides is 3. The highest BCUT2D eigenvalue weighted by Crippen LogP contribution is 2.29. The summed E-state index contributed by atoms with van der Waals surface area (Å²) >= 11 is 0. The highest BCUT2D eigenvalue weighted by atomic mass is 19.4. The molecule has 2 aromatic carbocycles. The van der Waals surface area contributed by atoms with Gasteiger partial charge in [0.15, 0.2) is 0 Å². The van der Waals surface area contributed by atoms with E-state index < -0.39 is 11.7 Å². The van der Waals surface area contributed by atoms with Crippen LogP contribution in [0.4, 0.5) is 13.2 Å². The summed E-state index contributed by atoms with van der Waals surface area (Å²) in [5.74, 6) is 0. The third kappa shape index (κ3) is 4.48. The van der Waals surface area contributed by atoms with E-state index in [1.807, 2.05) is 24.3 Å². The molecule has 1 radical (unpaired) electrons. The van der Waals surface area contributed by atoms with Gasteiger partial charge in [0.1, 0.15) is 12.8 Å². The van der Waals surface area contributed by atoms with E-state index in [9.17, 15) is 13.2 Å². The first-order valence-electron chi connectivity index (χ1n) is 6.46. The van der Waals surface area contributed by atoms with Crippen LogP contribution in [0.5, 0.6) is 0 Å². The van der Waals surface area contributed by atoms with Crippen LogP contribution in [0.1, 0.15) is 22.3 Å². The minimum absolute atomic E-state index is 0.205. The van der Waals surface area contributed by atoms with Crippen LogP contribution in [0.15, 0.2) is 60.3 Å². The van der Waals surface area contributed by atoms with E-state index in [2.05, 4.69) is 17.9 Å². The maximum Gasteiger partial charge on any atom is 0.416 e. The van der Waals surface area contributed by atoms with Crippen LogP contribution in [0, 0.1) is 0 Å². The molecule has 113 valence electrons. The van der Waals surface area contributed by atoms with Gasteiger partial charge in [0.2, 0.25) is 0 Å². The van der Waals surface area contributed by atoms with Crippen LogP contribution in [-0.4, -0.2) is 6.21 Å². The Labute approximate surface area is 126 Å². The standard InChI is InChI=1S/C17H13F3NO/c1-2-13-6-8-14(9-7-13)12-22-21-11-15-4-3-5-16(10-15)17(18,19)20/h2-10H,1,12H2. The number of rotatable bonds is 5. The third-order valence-electron chi connectivity index (χ3n) is 2.88. The predicted octanol–water partition coefficient (Wildman–Crippen LogP) is 4.78. The van der Waals surface area contributed by atoms with Crippen molar-refractivity contribution < 1.29 is 18.0 Å². The largest absolute Gasteiger partial charge is 0.416 e. The molecule has 0 N–H and O–H groups in total. The van der Waals surface area contributed by atoms with E-state index in [-0.39, 0.29) is 12.2 Å². The maximum atomic E-state index is 12.5. The zero-order valence-corrected chi connectivity index (χ0v) is 11.6. The molecule has 2 nitrogen and oxygen atoms in total. The Morgan fingerprint density at radius 1 is 1.14 bits per heavy atom. The molecule has 22 heavy (non-hydrogen) atoms. The summed E-state index contributed by atoms with van der Waals surface area (Å²) in [6.07, 6.45) is -0.221. The Morgan fingerprint density at radius 2 is 1.86 bits per heavy atom.